The Kier molecular flexibility index (Phi) is 2.40. The van der Waals surface area contributed by atoms with Gasteiger partial charge in [-0.25, -0.2) is 0 Å². The Bertz CT molecular complexity index is 394. The predicted octanol–water partition coefficient (Wildman–Crippen LogP) is 0.347. The maximum Gasteiger partial charge on any atom is 0.275 e. The topological polar surface area (TPSA) is 72.1 Å². The number of likely N-dealkylation sites (tertiary alicyclic amines) is 1. The van der Waals surface area contributed by atoms with E-state index in [0.29, 0.717) is 17.5 Å². The van der Waals surface area contributed by atoms with E-state index in [0.717, 1.165) is 37.7 Å². The number of nitrogens with two attached hydrogens (primary N) is 1. The van der Waals surface area contributed by atoms with Crippen molar-refractivity contribution in [3.8, 4) is 0 Å². The van der Waals surface area contributed by atoms with Crippen molar-refractivity contribution in [2.75, 3.05) is 13.1 Å². The molecule has 16 heavy (non-hydrogen) atoms. The summed E-state index contributed by atoms with van der Waals surface area (Å²) in [5, 5.41) is 0. The molecular weight excluding hydrogens is 224 g/mol. The number of amides is 1. The van der Waals surface area contributed by atoms with Crippen LogP contribution in [0.5, 0.6) is 0 Å². The van der Waals surface area contributed by atoms with Crippen molar-refractivity contribution in [3.05, 3.63) is 11.9 Å². The summed E-state index contributed by atoms with van der Waals surface area (Å²) in [6.07, 6.45) is 3.81. The molecule has 86 valence electrons. The van der Waals surface area contributed by atoms with E-state index in [2.05, 4.69) is 8.75 Å². The van der Waals surface area contributed by atoms with Crippen LogP contribution in [0.3, 0.4) is 0 Å². The smallest absolute Gasteiger partial charge is 0.275 e. The van der Waals surface area contributed by atoms with E-state index in [4.69, 9.17) is 5.73 Å². The van der Waals surface area contributed by atoms with E-state index < -0.39 is 0 Å². The second kappa shape index (κ2) is 3.78. The van der Waals surface area contributed by atoms with E-state index in [1.807, 2.05) is 4.90 Å². The number of hydrogen-bond donors (Lipinski definition) is 1. The fourth-order valence-corrected chi connectivity index (χ4v) is 3.30. The van der Waals surface area contributed by atoms with Gasteiger partial charge < -0.3 is 10.6 Å². The van der Waals surface area contributed by atoms with Crippen LogP contribution in [0.15, 0.2) is 6.20 Å². The third kappa shape index (κ3) is 1.53. The highest BCUT2D eigenvalue weighted by Crippen LogP contribution is 2.37. The second-order valence-electron chi connectivity index (χ2n) is 4.67. The number of rotatable bonds is 1. The zero-order valence-corrected chi connectivity index (χ0v) is 9.69. The molecule has 0 bridgehead atoms. The average Bonchev–Trinajstić information content (AvgIpc) is 2.96. The second-order valence-corrected chi connectivity index (χ2v) is 5.22. The SMILES string of the molecule is NC1CCC2CN(C(=O)c3cnsn3)CC12. The molecule has 1 amide bonds. The highest BCUT2D eigenvalue weighted by atomic mass is 32.1. The first-order valence-electron chi connectivity index (χ1n) is 5.58. The van der Waals surface area contributed by atoms with Gasteiger partial charge in [0.05, 0.1) is 17.9 Å². The summed E-state index contributed by atoms with van der Waals surface area (Å²) in [4.78, 5) is 13.9. The molecule has 3 atom stereocenters. The van der Waals surface area contributed by atoms with E-state index in [1.165, 1.54) is 0 Å². The van der Waals surface area contributed by atoms with Gasteiger partial charge in [-0.1, -0.05) is 0 Å². The fourth-order valence-electron chi connectivity index (χ4n) is 2.89. The van der Waals surface area contributed by atoms with E-state index in [-0.39, 0.29) is 11.9 Å². The fraction of sp³-hybridized carbons (Fsp3) is 0.700. The third-order valence-corrected chi connectivity index (χ3v) is 4.26. The summed E-state index contributed by atoms with van der Waals surface area (Å²) in [5.41, 5.74) is 6.51. The molecule has 1 aliphatic heterocycles. The van der Waals surface area contributed by atoms with Gasteiger partial charge >= 0.3 is 0 Å². The average molecular weight is 238 g/mol. The number of aromatic nitrogens is 2. The van der Waals surface area contributed by atoms with Crippen molar-refractivity contribution in [2.45, 2.75) is 18.9 Å². The quantitative estimate of drug-likeness (QED) is 0.766. The van der Waals surface area contributed by atoms with Crippen LogP contribution in [0.25, 0.3) is 0 Å². The predicted molar refractivity (Wildman–Crippen MR) is 60.0 cm³/mol. The van der Waals surface area contributed by atoms with Crippen LogP contribution >= 0.6 is 11.7 Å². The van der Waals surface area contributed by atoms with Gasteiger partial charge in [0.2, 0.25) is 0 Å². The maximum absolute atomic E-state index is 12.0. The van der Waals surface area contributed by atoms with Crippen LogP contribution in [0.4, 0.5) is 0 Å². The van der Waals surface area contributed by atoms with Crippen LogP contribution in [0, 0.1) is 11.8 Å². The number of fused-ring (bicyclic) bond motifs is 1. The van der Waals surface area contributed by atoms with Crippen LogP contribution in [-0.4, -0.2) is 38.7 Å². The Labute approximate surface area is 98.0 Å². The maximum atomic E-state index is 12.0. The van der Waals surface area contributed by atoms with E-state index >= 15 is 0 Å². The zero-order chi connectivity index (χ0) is 11.1. The monoisotopic (exact) mass is 238 g/mol. The van der Waals surface area contributed by atoms with E-state index in [1.54, 1.807) is 6.20 Å². The standard InChI is InChI=1S/C10H14N4OS/c11-8-2-1-6-4-14(5-7(6)8)10(15)9-3-12-16-13-9/h3,6-8H,1-2,4-5,11H2. The lowest BCUT2D eigenvalue weighted by Crippen LogP contribution is -2.33. The molecule has 0 radical (unpaired) electrons. The zero-order valence-electron chi connectivity index (χ0n) is 8.87. The first-order valence-corrected chi connectivity index (χ1v) is 6.31. The van der Waals surface area contributed by atoms with Crippen molar-refractivity contribution < 1.29 is 4.79 Å². The molecule has 0 aromatic carbocycles. The van der Waals surface area contributed by atoms with Gasteiger partial charge in [-0.05, 0) is 24.7 Å². The molecule has 3 unspecified atom stereocenters. The third-order valence-electron chi connectivity index (χ3n) is 3.78. The lowest BCUT2D eigenvalue weighted by Gasteiger charge is -2.17. The number of carbonyl (C=O) groups excluding carboxylic acids is 1. The molecule has 5 nitrogen and oxygen atoms in total. The number of nitrogens with zero attached hydrogens (tertiary/aromatic N) is 3. The Morgan fingerprint density at radius 2 is 2.38 bits per heavy atom. The summed E-state index contributed by atoms with van der Waals surface area (Å²) < 4.78 is 7.84. The molecule has 2 aliphatic rings. The minimum absolute atomic E-state index is 0.00958. The Hall–Kier alpha value is -1.01. The molecule has 3 rings (SSSR count). The summed E-state index contributed by atoms with van der Waals surface area (Å²) in [6, 6.07) is 0.274. The Morgan fingerprint density at radius 1 is 1.50 bits per heavy atom. The van der Waals surface area contributed by atoms with E-state index in [9.17, 15) is 4.79 Å². The summed E-state index contributed by atoms with van der Waals surface area (Å²) >= 11 is 1.08. The molecule has 1 aliphatic carbocycles. The molecular formula is C10H14N4OS. The first kappa shape index (κ1) is 10.2. The molecule has 0 spiro atoms. The molecule has 1 saturated carbocycles. The molecule has 1 aromatic heterocycles. The summed E-state index contributed by atoms with van der Waals surface area (Å²) in [7, 11) is 0. The molecule has 2 heterocycles. The van der Waals surface area contributed by atoms with Crippen LogP contribution in [-0.2, 0) is 0 Å². The van der Waals surface area contributed by atoms with Gasteiger partial charge in [0.25, 0.3) is 5.91 Å². The molecule has 6 heteroatoms. The largest absolute Gasteiger partial charge is 0.337 e. The molecule has 1 saturated heterocycles. The van der Waals surface area contributed by atoms with Gasteiger partial charge in [0, 0.05) is 19.1 Å². The van der Waals surface area contributed by atoms with Crippen molar-refractivity contribution in [2.24, 2.45) is 17.6 Å². The minimum atomic E-state index is 0.00958. The van der Waals surface area contributed by atoms with Gasteiger partial charge in [0.1, 0.15) is 0 Å². The number of carbonyl (C=O) groups is 1. The lowest BCUT2D eigenvalue weighted by atomic mass is 9.98. The molecule has 1 aromatic rings. The van der Waals surface area contributed by atoms with Gasteiger partial charge in [0.15, 0.2) is 5.69 Å². The normalized spacial score (nSPS) is 33.1. The van der Waals surface area contributed by atoms with Crippen LogP contribution in [0.1, 0.15) is 23.3 Å². The number of hydrogen-bond acceptors (Lipinski definition) is 5. The highest BCUT2D eigenvalue weighted by Gasteiger charge is 2.42. The lowest BCUT2D eigenvalue weighted by molar-refractivity contribution is 0.0775. The Balaban J connectivity index is 1.73. The van der Waals surface area contributed by atoms with Gasteiger partial charge in [-0.3, -0.25) is 4.79 Å². The van der Waals surface area contributed by atoms with Crippen molar-refractivity contribution in [1.29, 1.82) is 0 Å². The summed E-state index contributed by atoms with van der Waals surface area (Å²) in [5.74, 6) is 1.11. The highest BCUT2D eigenvalue weighted by molar-refractivity contribution is 6.99. The van der Waals surface area contributed by atoms with Crippen LogP contribution < -0.4 is 5.73 Å². The van der Waals surface area contributed by atoms with Gasteiger partial charge in [-0.2, -0.15) is 8.75 Å². The first-order chi connectivity index (χ1) is 7.75. The van der Waals surface area contributed by atoms with Crippen LogP contribution in [0.2, 0.25) is 0 Å². The van der Waals surface area contributed by atoms with Crippen molar-refractivity contribution in [1.82, 2.24) is 13.6 Å². The van der Waals surface area contributed by atoms with Gasteiger partial charge in [-0.15, -0.1) is 0 Å². The molecule has 2 fully saturated rings. The summed E-state index contributed by atoms with van der Waals surface area (Å²) in [6.45, 7) is 1.64. The minimum Gasteiger partial charge on any atom is -0.337 e. The van der Waals surface area contributed by atoms with Crippen molar-refractivity contribution >= 4 is 17.6 Å². The molecule has 2 N–H and O–H groups in total. The van der Waals surface area contributed by atoms with Crippen molar-refractivity contribution in [3.63, 3.8) is 0 Å². The Morgan fingerprint density at radius 3 is 3.06 bits per heavy atom.